The molecule has 11 heteroatoms. The Bertz CT molecular complexity index is 1610. The third-order valence-electron chi connectivity index (χ3n) is 7.19. The van der Waals surface area contributed by atoms with Crippen molar-refractivity contribution in [3.63, 3.8) is 0 Å². The van der Waals surface area contributed by atoms with Gasteiger partial charge in [-0.1, -0.05) is 18.2 Å². The van der Waals surface area contributed by atoms with Crippen LogP contribution in [-0.4, -0.2) is 72.8 Å². The largest absolute Gasteiger partial charge is 0.493 e. The standard InChI is InChI=1S/C29H31FN4O5S/c1-18-23-27(31-17-34(28(23)35)15-19-6-5-7-21(30)14-19)40-26(18)29(36)33-12-10-32(11-13-33)16-20-8-9-22(37-2)25(39-4)24(20)38-3/h5-9,14,17H,10-13,15-16H2,1-4H3. The van der Waals surface area contributed by atoms with E-state index in [0.717, 1.165) is 5.56 Å². The molecule has 0 saturated carbocycles. The number of hydrogen-bond acceptors (Lipinski definition) is 8. The molecule has 1 saturated heterocycles. The van der Waals surface area contributed by atoms with Crippen LogP contribution >= 0.6 is 11.3 Å². The van der Waals surface area contributed by atoms with Gasteiger partial charge in [0.2, 0.25) is 5.75 Å². The van der Waals surface area contributed by atoms with Crippen LogP contribution in [0.15, 0.2) is 47.5 Å². The molecule has 0 atom stereocenters. The van der Waals surface area contributed by atoms with E-state index in [4.69, 9.17) is 14.2 Å². The van der Waals surface area contributed by atoms with Gasteiger partial charge < -0.3 is 19.1 Å². The summed E-state index contributed by atoms with van der Waals surface area (Å²) in [6.45, 7) is 5.12. The summed E-state index contributed by atoms with van der Waals surface area (Å²) in [6, 6.07) is 9.95. The molecule has 0 radical (unpaired) electrons. The summed E-state index contributed by atoms with van der Waals surface area (Å²) in [5.41, 5.74) is 2.03. The molecular formula is C29H31FN4O5S. The lowest BCUT2D eigenvalue weighted by molar-refractivity contribution is 0.0631. The zero-order valence-corrected chi connectivity index (χ0v) is 23.7. The number of aryl methyl sites for hydroxylation is 1. The number of carbonyl (C=O) groups is 1. The second-order valence-electron chi connectivity index (χ2n) is 9.61. The molecule has 1 aliphatic heterocycles. The topological polar surface area (TPSA) is 86.1 Å². The molecule has 1 fully saturated rings. The lowest BCUT2D eigenvalue weighted by atomic mass is 10.1. The minimum atomic E-state index is -0.359. The lowest BCUT2D eigenvalue weighted by Gasteiger charge is -2.35. The second-order valence-corrected chi connectivity index (χ2v) is 10.6. The van der Waals surface area contributed by atoms with Gasteiger partial charge >= 0.3 is 0 Å². The van der Waals surface area contributed by atoms with E-state index in [1.165, 1.54) is 34.4 Å². The van der Waals surface area contributed by atoms with Gasteiger partial charge in [0.05, 0.1) is 44.5 Å². The summed E-state index contributed by atoms with van der Waals surface area (Å²) >= 11 is 1.24. The third kappa shape index (κ3) is 5.26. The summed E-state index contributed by atoms with van der Waals surface area (Å²) in [4.78, 5) is 36.4. The molecular weight excluding hydrogens is 535 g/mol. The van der Waals surface area contributed by atoms with Gasteiger partial charge in [0, 0.05) is 38.3 Å². The minimum Gasteiger partial charge on any atom is -0.493 e. The predicted octanol–water partition coefficient (Wildman–Crippen LogP) is 3.94. The lowest BCUT2D eigenvalue weighted by Crippen LogP contribution is -2.48. The minimum absolute atomic E-state index is 0.0973. The number of halogens is 1. The van der Waals surface area contributed by atoms with E-state index in [9.17, 15) is 14.0 Å². The van der Waals surface area contributed by atoms with E-state index in [1.54, 1.807) is 40.4 Å². The molecule has 9 nitrogen and oxygen atoms in total. The average Bonchev–Trinajstić information content (AvgIpc) is 3.31. The molecule has 0 spiro atoms. The van der Waals surface area contributed by atoms with Crippen LogP contribution in [0, 0.1) is 12.7 Å². The van der Waals surface area contributed by atoms with Crippen molar-refractivity contribution in [3.8, 4) is 17.2 Å². The Morgan fingerprint density at radius 2 is 1.75 bits per heavy atom. The van der Waals surface area contributed by atoms with Gasteiger partial charge in [-0.25, -0.2) is 9.37 Å². The molecule has 1 amide bonds. The van der Waals surface area contributed by atoms with Gasteiger partial charge in [0.25, 0.3) is 11.5 Å². The summed E-state index contributed by atoms with van der Waals surface area (Å²) in [6.07, 6.45) is 1.46. The predicted molar refractivity (Wildman–Crippen MR) is 151 cm³/mol. The Morgan fingerprint density at radius 1 is 1.00 bits per heavy atom. The molecule has 0 aliphatic carbocycles. The number of piperazine rings is 1. The Labute approximate surface area is 235 Å². The number of methoxy groups -OCH3 is 3. The van der Waals surface area contributed by atoms with Crippen LogP contribution in [0.25, 0.3) is 10.2 Å². The molecule has 0 bridgehead atoms. The molecule has 3 heterocycles. The highest BCUT2D eigenvalue weighted by Gasteiger charge is 2.27. The van der Waals surface area contributed by atoms with Crippen molar-refractivity contribution in [2.45, 2.75) is 20.0 Å². The van der Waals surface area contributed by atoms with Crippen molar-refractivity contribution < 1.29 is 23.4 Å². The maximum absolute atomic E-state index is 13.6. The molecule has 210 valence electrons. The number of thiophene rings is 1. The Hall–Kier alpha value is -3.96. The summed E-state index contributed by atoms with van der Waals surface area (Å²) in [7, 11) is 4.78. The first-order valence-corrected chi connectivity index (χ1v) is 13.7. The zero-order valence-electron chi connectivity index (χ0n) is 22.9. The first-order valence-electron chi connectivity index (χ1n) is 12.9. The SMILES string of the molecule is COc1ccc(CN2CCN(C(=O)c3sc4ncn(Cc5cccc(F)c5)c(=O)c4c3C)CC2)c(OC)c1OC. The van der Waals surface area contributed by atoms with Crippen molar-refractivity contribution in [3.05, 3.63) is 80.5 Å². The number of benzene rings is 2. The fourth-order valence-electron chi connectivity index (χ4n) is 5.09. The molecule has 0 N–H and O–H groups in total. The van der Waals surface area contributed by atoms with E-state index in [1.807, 2.05) is 17.0 Å². The van der Waals surface area contributed by atoms with Gasteiger partial charge in [-0.3, -0.25) is 19.1 Å². The number of rotatable bonds is 8. The quantitative estimate of drug-likeness (QED) is 0.319. The maximum atomic E-state index is 13.6. The van der Waals surface area contributed by atoms with Gasteiger partial charge in [0.15, 0.2) is 11.5 Å². The smallest absolute Gasteiger partial charge is 0.264 e. The molecule has 40 heavy (non-hydrogen) atoms. The molecule has 2 aromatic heterocycles. The number of carbonyl (C=O) groups excluding carboxylic acids is 1. The number of amides is 1. The van der Waals surface area contributed by atoms with Crippen LogP contribution in [0.5, 0.6) is 17.2 Å². The average molecular weight is 567 g/mol. The van der Waals surface area contributed by atoms with Crippen LogP contribution < -0.4 is 19.8 Å². The van der Waals surface area contributed by atoms with Crippen molar-refractivity contribution in [1.29, 1.82) is 0 Å². The number of hydrogen-bond donors (Lipinski definition) is 0. The van der Waals surface area contributed by atoms with Gasteiger partial charge in [-0.15, -0.1) is 11.3 Å². The first kappa shape index (κ1) is 27.6. The van der Waals surface area contributed by atoms with Crippen molar-refractivity contribution in [2.75, 3.05) is 47.5 Å². The van der Waals surface area contributed by atoms with Crippen molar-refractivity contribution in [1.82, 2.24) is 19.4 Å². The molecule has 4 aromatic rings. The highest BCUT2D eigenvalue weighted by Crippen LogP contribution is 2.40. The van der Waals surface area contributed by atoms with E-state index < -0.39 is 0 Å². The van der Waals surface area contributed by atoms with Crippen molar-refractivity contribution in [2.24, 2.45) is 0 Å². The maximum Gasteiger partial charge on any atom is 0.264 e. The number of aromatic nitrogens is 2. The zero-order chi connectivity index (χ0) is 28.4. The Balaban J connectivity index is 1.30. The van der Waals surface area contributed by atoms with E-state index in [2.05, 4.69) is 9.88 Å². The van der Waals surface area contributed by atoms with Gasteiger partial charge in [-0.05, 0) is 36.2 Å². The van der Waals surface area contributed by atoms with Gasteiger partial charge in [0.1, 0.15) is 10.6 Å². The monoisotopic (exact) mass is 566 g/mol. The van der Waals surface area contributed by atoms with Gasteiger partial charge in [-0.2, -0.15) is 0 Å². The van der Waals surface area contributed by atoms with Crippen LogP contribution in [-0.2, 0) is 13.1 Å². The van der Waals surface area contributed by atoms with E-state index >= 15 is 0 Å². The first-order chi connectivity index (χ1) is 19.3. The summed E-state index contributed by atoms with van der Waals surface area (Å²) in [5, 5.41) is 0.437. The van der Waals surface area contributed by atoms with Crippen LogP contribution in [0.3, 0.4) is 0 Å². The highest BCUT2D eigenvalue weighted by molar-refractivity contribution is 7.20. The van der Waals surface area contributed by atoms with Crippen LogP contribution in [0.4, 0.5) is 4.39 Å². The Morgan fingerprint density at radius 3 is 2.42 bits per heavy atom. The third-order valence-corrected chi connectivity index (χ3v) is 8.38. The fourth-order valence-corrected chi connectivity index (χ4v) is 6.20. The molecule has 1 aliphatic rings. The van der Waals surface area contributed by atoms with E-state index in [0.29, 0.717) is 76.2 Å². The molecule has 0 unspecified atom stereocenters. The summed E-state index contributed by atoms with van der Waals surface area (Å²) < 4.78 is 31.6. The molecule has 2 aromatic carbocycles. The highest BCUT2D eigenvalue weighted by atomic mass is 32.1. The normalized spacial score (nSPS) is 14.0. The number of nitrogens with zero attached hydrogens (tertiary/aromatic N) is 4. The van der Waals surface area contributed by atoms with Crippen LogP contribution in [0.1, 0.15) is 26.4 Å². The summed E-state index contributed by atoms with van der Waals surface area (Å²) in [5.74, 6) is 1.34. The second kappa shape index (κ2) is 11.6. The fraction of sp³-hybridized carbons (Fsp3) is 0.345. The number of ether oxygens (including phenoxy) is 3. The molecule has 5 rings (SSSR count). The number of fused-ring (bicyclic) bond motifs is 1. The van der Waals surface area contributed by atoms with Crippen LogP contribution in [0.2, 0.25) is 0 Å². The van der Waals surface area contributed by atoms with Crippen molar-refractivity contribution >= 4 is 27.5 Å². The Kier molecular flexibility index (Phi) is 8.04. The van der Waals surface area contributed by atoms with E-state index in [-0.39, 0.29) is 23.8 Å².